The van der Waals surface area contributed by atoms with Gasteiger partial charge in [0.2, 0.25) is 5.91 Å². The van der Waals surface area contributed by atoms with Crippen LogP contribution in [0.25, 0.3) is 0 Å². The number of methoxy groups -OCH3 is 1. The molecule has 10 heteroatoms. The van der Waals surface area contributed by atoms with Crippen LogP contribution in [0.1, 0.15) is 205 Å². The van der Waals surface area contributed by atoms with Crippen molar-refractivity contribution in [2.75, 3.05) is 73.3 Å². The number of aliphatic hydroxyl groups excluding tert-OH is 2. The van der Waals surface area contributed by atoms with Crippen LogP contribution in [-0.4, -0.2) is 111 Å². The molecule has 2 amide bonds. The first-order valence-corrected chi connectivity index (χ1v) is 24.7. The van der Waals surface area contributed by atoms with Gasteiger partial charge in [-0.05, 0) is 96.7 Å². The van der Waals surface area contributed by atoms with E-state index in [1.807, 2.05) is 27.7 Å². The molecule has 0 atom stereocenters. The van der Waals surface area contributed by atoms with Crippen molar-refractivity contribution in [2.45, 2.75) is 197 Å². The van der Waals surface area contributed by atoms with Gasteiger partial charge in [-0.15, -0.1) is 0 Å². The Bertz CT molecular complexity index is 1340. The molecule has 2 aliphatic heterocycles. The van der Waals surface area contributed by atoms with Gasteiger partial charge in [0.05, 0.1) is 30.5 Å². The van der Waals surface area contributed by atoms with Crippen LogP contribution in [-0.2, 0) is 23.8 Å². The quantitative estimate of drug-likeness (QED) is 0.139. The van der Waals surface area contributed by atoms with Crippen LogP contribution in [0.3, 0.4) is 0 Å². The number of aliphatic hydroxyl groups is 2. The van der Waals surface area contributed by atoms with E-state index >= 15 is 0 Å². The van der Waals surface area contributed by atoms with Gasteiger partial charge in [-0.25, -0.2) is 4.79 Å². The van der Waals surface area contributed by atoms with E-state index < -0.39 is 14.0 Å². The van der Waals surface area contributed by atoms with Gasteiger partial charge < -0.3 is 39.0 Å². The zero-order chi connectivity index (χ0) is 56.1. The molecular formula is C54H112N2O8. The molecule has 10 nitrogen and oxygen atoms in total. The third kappa shape index (κ3) is 34.5. The van der Waals surface area contributed by atoms with Crippen molar-refractivity contribution in [3.05, 3.63) is 0 Å². The van der Waals surface area contributed by atoms with Gasteiger partial charge in [0.1, 0.15) is 12.4 Å². The second-order valence-electron chi connectivity index (χ2n) is 22.7. The van der Waals surface area contributed by atoms with Gasteiger partial charge >= 0.3 is 6.09 Å². The molecule has 0 bridgehead atoms. The van der Waals surface area contributed by atoms with Gasteiger partial charge in [0.25, 0.3) is 0 Å². The van der Waals surface area contributed by atoms with Crippen LogP contribution in [0.2, 0.25) is 0 Å². The summed E-state index contributed by atoms with van der Waals surface area (Å²) in [6.45, 7) is 46.4. The van der Waals surface area contributed by atoms with E-state index in [1.165, 1.54) is 32.6 Å². The lowest BCUT2D eigenvalue weighted by atomic mass is 9.63. The minimum atomic E-state index is -2.29. The fourth-order valence-corrected chi connectivity index (χ4v) is 5.19. The Hall–Kier alpha value is -1.75. The number of carbonyl (C=O) groups excluding carboxylic acids is 3. The summed E-state index contributed by atoms with van der Waals surface area (Å²) in [4.78, 5) is 35.0. The predicted octanol–water partition coefficient (Wildman–Crippen LogP) is 12.9. The van der Waals surface area contributed by atoms with Crippen LogP contribution in [0.5, 0.6) is 0 Å². The molecule has 64 heavy (non-hydrogen) atoms. The fraction of sp³-hybridized carbons (Fsp3) is 0.944. The van der Waals surface area contributed by atoms with Crippen molar-refractivity contribution in [2.24, 2.45) is 63.1 Å². The maximum absolute atomic E-state index is 11.0. The Kier molecular flexibility index (Phi) is 32.1. The largest absolute Gasteiger partial charge is 0.448 e. The highest BCUT2D eigenvalue weighted by Crippen LogP contribution is 2.46. The number of Topliss-reactive ketones (excluding diaryl/α,β-unsaturated/α-hetero) is 1. The van der Waals surface area contributed by atoms with E-state index in [2.05, 4.69) is 104 Å². The summed E-state index contributed by atoms with van der Waals surface area (Å²) >= 11 is 0. The standard InChI is InChI=1S/C8H15NO2.C8H17NO.C8H16O.C8H18O.C8H16O.C7H14O.C7H16O/c1-7(2)3-4-9-5-6-11-8(9)10;1-7(2)5-6-9(4)8(3)10;1-7(2)8(6-9)4-3-5-8;1-7(2)8(3,4)6-9-5;1-7(2)5-4-6-8(3)9;1-6(2)7(3)4-8-5-7;1-6(2)7(3,4)5-8/h7H,3-6H2,1-2H3;7H,5-6H2,1-4H3;7,9H,3-6H2,1-2H3;7H,6H2,1-5H3;7H,4-6H2,1-3H3;6H,4-5H2,1-3H3;6,8H,5H2,1-4H3/i;4D3;;5D3;;;. The number of nitrogens with zero attached hydrogens (tertiary/aromatic N) is 2. The van der Waals surface area contributed by atoms with E-state index in [0.717, 1.165) is 68.7 Å². The highest BCUT2D eigenvalue weighted by molar-refractivity contribution is 5.75. The van der Waals surface area contributed by atoms with Crippen LogP contribution in [0.4, 0.5) is 4.79 Å². The fourth-order valence-electron chi connectivity index (χ4n) is 5.19. The number of amides is 2. The van der Waals surface area contributed by atoms with E-state index in [9.17, 15) is 14.4 Å². The number of hydrogen-bond acceptors (Lipinski definition) is 8. The molecule has 1 saturated carbocycles. The van der Waals surface area contributed by atoms with Gasteiger partial charge in [0, 0.05) is 63.2 Å². The molecular weight excluding hydrogens is 805 g/mol. The van der Waals surface area contributed by atoms with E-state index in [-0.39, 0.29) is 36.0 Å². The van der Waals surface area contributed by atoms with Crippen molar-refractivity contribution in [1.29, 1.82) is 0 Å². The number of cyclic esters (lactones) is 1. The Morgan fingerprint density at radius 3 is 1.55 bits per heavy atom. The second-order valence-corrected chi connectivity index (χ2v) is 22.7. The van der Waals surface area contributed by atoms with Crippen molar-refractivity contribution in [3.8, 4) is 0 Å². The number of rotatable bonds is 18. The zero-order valence-corrected chi connectivity index (χ0v) is 45.8. The van der Waals surface area contributed by atoms with Crippen molar-refractivity contribution >= 4 is 17.8 Å². The number of carbonyl (C=O) groups is 3. The Labute approximate surface area is 406 Å². The van der Waals surface area contributed by atoms with Crippen molar-refractivity contribution in [3.63, 3.8) is 0 Å². The molecule has 3 rings (SSSR count). The Morgan fingerprint density at radius 2 is 1.33 bits per heavy atom. The molecule has 0 aromatic rings. The van der Waals surface area contributed by atoms with E-state index in [4.69, 9.17) is 32.6 Å². The highest BCUT2D eigenvalue weighted by atomic mass is 16.6. The molecule has 0 unspecified atom stereocenters. The molecule has 2 heterocycles. The SMILES string of the molecule is CC(=O)CCCC(C)C.CC(C)C(C)(C)CO.CC(C)C1(C)COC1.CC(C)C1(CO)CCC1.CC(C)CCN1CCOC1=O.[2H]C([2H])([2H])N(CCC(C)C)C(C)=O.[2H]C([2H])([2H])OCC(C)(C)C(C)C. The first-order chi connectivity index (χ1) is 31.6. The highest BCUT2D eigenvalue weighted by Gasteiger charge is 2.39. The topological polar surface area (TPSA) is 126 Å². The van der Waals surface area contributed by atoms with E-state index in [0.29, 0.717) is 66.0 Å². The molecule has 3 fully saturated rings. The smallest absolute Gasteiger partial charge is 0.409 e. The Balaban J connectivity index is -0.000000365. The zero-order valence-electron chi connectivity index (χ0n) is 51.8. The molecule has 3 aliphatic rings. The maximum atomic E-state index is 11.0. The summed E-state index contributed by atoms with van der Waals surface area (Å²) in [6.07, 6.45) is 8.43. The number of ether oxygens (including phenoxy) is 3. The van der Waals surface area contributed by atoms with Crippen LogP contribution in [0, 0.1) is 63.1 Å². The van der Waals surface area contributed by atoms with Crippen LogP contribution < -0.4 is 0 Å². The van der Waals surface area contributed by atoms with Crippen LogP contribution >= 0.6 is 0 Å². The molecule has 0 aromatic heterocycles. The summed E-state index contributed by atoms with van der Waals surface area (Å²) in [6, 6.07) is 0. The van der Waals surface area contributed by atoms with Gasteiger partial charge in [0.15, 0.2) is 0 Å². The molecule has 0 spiro atoms. The maximum Gasteiger partial charge on any atom is 0.409 e. The minimum absolute atomic E-state index is 0.0750. The lowest BCUT2D eigenvalue weighted by molar-refractivity contribution is -0.127. The van der Waals surface area contributed by atoms with Crippen molar-refractivity contribution < 1.29 is 47.0 Å². The Morgan fingerprint density at radius 1 is 0.812 bits per heavy atom. The van der Waals surface area contributed by atoms with Gasteiger partial charge in [-0.3, -0.25) is 4.79 Å². The average molecular weight is 924 g/mol. The lowest BCUT2D eigenvalue weighted by Crippen LogP contribution is -2.43. The summed E-state index contributed by atoms with van der Waals surface area (Å²) in [5, 5.41) is 17.8. The van der Waals surface area contributed by atoms with Gasteiger partial charge in [-0.1, -0.05) is 144 Å². The third-order valence-electron chi connectivity index (χ3n) is 13.6. The molecule has 0 aromatic carbocycles. The normalized spacial score (nSPS) is 17.8. The predicted molar refractivity (Wildman–Crippen MR) is 273 cm³/mol. The van der Waals surface area contributed by atoms with E-state index in [1.54, 1.807) is 11.8 Å². The summed E-state index contributed by atoms with van der Waals surface area (Å²) < 4.78 is 56.5. The molecule has 2 N–H and O–H groups in total. The number of ketones is 1. The minimum Gasteiger partial charge on any atom is -0.448 e. The average Bonchev–Trinajstić information content (AvgIpc) is 3.59. The summed E-state index contributed by atoms with van der Waals surface area (Å²) in [5.74, 6) is 4.15. The molecule has 1 aliphatic carbocycles. The van der Waals surface area contributed by atoms with Gasteiger partial charge in [-0.2, -0.15) is 0 Å². The molecule has 2 saturated heterocycles. The first kappa shape index (κ1) is 56.6. The molecule has 386 valence electrons. The van der Waals surface area contributed by atoms with Crippen LogP contribution in [0.15, 0.2) is 0 Å². The number of hydrogen-bond donors (Lipinski definition) is 2. The summed E-state index contributed by atoms with van der Waals surface area (Å²) in [5.41, 5.74) is 0.842. The first-order valence-electron chi connectivity index (χ1n) is 27.7. The van der Waals surface area contributed by atoms with Crippen molar-refractivity contribution in [1.82, 2.24) is 9.80 Å². The lowest BCUT2D eigenvalue weighted by Gasteiger charge is -2.44. The molecule has 0 radical (unpaired) electrons. The monoisotopic (exact) mass is 923 g/mol. The third-order valence-corrected chi connectivity index (χ3v) is 13.6. The summed E-state index contributed by atoms with van der Waals surface area (Å²) in [7, 11) is -2.26. The second kappa shape index (κ2) is 36.3.